The maximum atomic E-state index is 4.67. The van der Waals surface area contributed by atoms with Gasteiger partial charge in [-0.1, -0.05) is 0 Å². The predicted octanol–water partition coefficient (Wildman–Crippen LogP) is 2.18. The van der Waals surface area contributed by atoms with Gasteiger partial charge in [-0.05, 0) is 46.2 Å². The molecule has 0 bridgehead atoms. The SMILES string of the molecule is Cc1nc2cc(C3(C)CCCN3)n(C)c2nc1C. The van der Waals surface area contributed by atoms with Crippen LogP contribution in [0, 0.1) is 13.8 Å². The second-order valence-electron chi connectivity index (χ2n) is 5.55. The highest BCUT2D eigenvalue weighted by atomic mass is 15.1. The summed E-state index contributed by atoms with van der Waals surface area (Å²) in [5.41, 5.74) is 5.39. The summed E-state index contributed by atoms with van der Waals surface area (Å²) in [5, 5.41) is 3.60. The molecule has 0 spiro atoms. The topological polar surface area (TPSA) is 42.7 Å². The summed E-state index contributed by atoms with van der Waals surface area (Å²) >= 11 is 0. The van der Waals surface area contributed by atoms with E-state index in [1.807, 2.05) is 13.8 Å². The smallest absolute Gasteiger partial charge is 0.158 e. The van der Waals surface area contributed by atoms with Crippen LogP contribution in [0.5, 0.6) is 0 Å². The molecule has 1 unspecified atom stereocenters. The van der Waals surface area contributed by atoms with Crippen molar-refractivity contribution in [2.75, 3.05) is 6.54 Å². The van der Waals surface area contributed by atoms with E-state index in [-0.39, 0.29) is 5.54 Å². The van der Waals surface area contributed by atoms with E-state index in [1.54, 1.807) is 0 Å². The minimum absolute atomic E-state index is 0.0684. The summed E-state index contributed by atoms with van der Waals surface area (Å²) in [6.07, 6.45) is 2.41. The molecule has 0 amide bonds. The van der Waals surface area contributed by atoms with E-state index in [0.717, 1.165) is 29.1 Å². The van der Waals surface area contributed by atoms with Crippen molar-refractivity contribution in [1.29, 1.82) is 0 Å². The molecule has 1 N–H and O–H groups in total. The molecule has 0 aliphatic carbocycles. The van der Waals surface area contributed by atoms with Crippen molar-refractivity contribution in [3.05, 3.63) is 23.1 Å². The molecule has 2 aromatic heterocycles. The van der Waals surface area contributed by atoms with Crippen molar-refractivity contribution in [2.45, 2.75) is 39.2 Å². The first-order chi connectivity index (χ1) is 8.51. The molecule has 2 aromatic rings. The summed E-state index contributed by atoms with van der Waals surface area (Å²) in [6.45, 7) is 7.40. The van der Waals surface area contributed by atoms with Crippen LogP contribution < -0.4 is 5.32 Å². The van der Waals surface area contributed by atoms with Crippen LogP contribution in [0.3, 0.4) is 0 Å². The Morgan fingerprint density at radius 3 is 2.67 bits per heavy atom. The van der Waals surface area contributed by atoms with Crippen LogP contribution in [0.25, 0.3) is 11.2 Å². The molecule has 0 aromatic carbocycles. The lowest BCUT2D eigenvalue weighted by Gasteiger charge is -2.25. The lowest BCUT2D eigenvalue weighted by molar-refractivity contribution is 0.410. The molecule has 1 aliphatic heterocycles. The van der Waals surface area contributed by atoms with Crippen LogP contribution in [0.2, 0.25) is 0 Å². The number of hydrogen-bond donors (Lipinski definition) is 1. The fourth-order valence-corrected chi connectivity index (χ4v) is 2.94. The molecule has 3 heterocycles. The highest BCUT2D eigenvalue weighted by Crippen LogP contribution is 2.32. The standard InChI is InChI=1S/C14H20N4/c1-9-10(2)17-13-11(16-9)8-12(18(13)4)14(3)6-5-7-15-14/h8,15H,5-7H2,1-4H3. The Bertz CT molecular complexity index is 606. The molecule has 4 nitrogen and oxygen atoms in total. The van der Waals surface area contributed by atoms with Gasteiger partial charge in [0.15, 0.2) is 5.65 Å². The number of aromatic nitrogens is 3. The molecule has 18 heavy (non-hydrogen) atoms. The van der Waals surface area contributed by atoms with Gasteiger partial charge in [0.2, 0.25) is 0 Å². The van der Waals surface area contributed by atoms with Crippen molar-refractivity contribution < 1.29 is 0 Å². The Hall–Kier alpha value is -1.42. The average Bonchev–Trinajstić information content (AvgIpc) is 2.88. The Balaban J connectivity index is 2.22. The van der Waals surface area contributed by atoms with Crippen LogP contribution >= 0.6 is 0 Å². The summed E-state index contributed by atoms with van der Waals surface area (Å²) in [5.74, 6) is 0. The average molecular weight is 244 g/mol. The van der Waals surface area contributed by atoms with E-state index in [9.17, 15) is 0 Å². The third-order valence-electron chi connectivity index (χ3n) is 4.20. The van der Waals surface area contributed by atoms with E-state index < -0.39 is 0 Å². The maximum absolute atomic E-state index is 4.67. The largest absolute Gasteiger partial charge is 0.329 e. The summed E-state index contributed by atoms with van der Waals surface area (Å²) in [6, 6.07) is 2.19. The van der Waals surface area contributed by atoms with Gasteiger partial charge in [-0.25, -0.2) is 9.97 Å². The number of nitrogens with one attached hydrogen (secondary N) is 1. The number of hydrogen-bond acceptors (Lipinski definition) is 3. The number of aryl methyl sites for hydroxylation is 3. The van der Waals surface area contributed by atoms with Gasteiger partial charge < -0.3 is 9.88 Å². The second-order valence-corrected chi connectivity index (χ2v) is 5.55. The molecule has 4 heteroatoms. The van der Waals surface area contributed by atoms with Crippen LogP contribution in [-0.4, -0.2) is 21.1 Å². The van der Waals surface area contributed by atoms with Crippen LogP contribution in [0.15, 0.2) is 6.07 Å². The van der Waals surface area contributed by atoms with Crippen LogP contribution in [0.1, 0.15) is 36.8 Å². The van der Waals surface area contributed by atoms with Crippen LogP contribution in [-0.2, 0) is 12.6 Å². The van der Waals surface area contributed by atoms with Crippen LogP contribution in [0.4, 0.5) is 0 Å². The molecule has 3 rings (SSSR count). The van der Waals surface area contributed by atoms with E-state index in [2.05, 4.69) is 39.9 Å². The maximum Gasteiger partial charge on any atom is 0.158 e. The first kappa shape index (κ1) is 11.7. The quantitative estimate of drug-likeness (QED) is 0.836. The highest BCUT2D eigenvalue weighted by molar-refractivity contribution is 5.73. The van der Waals surface area contributed by atoms with Gasteiger partial charge in [-0.3, -0.25) is 0 Å². The lowest BCUT2D eigenvalue weighted by atomic mass is 9.96. The first-order valence-electron chi connectivity index (χ1n) is 6.57. The van der Waals surface area contributed by atoms with Gasteiger partial charge in [0.05, 0.1) is 16.9 Å². The molecule has 1 saturated heterocycles. The van der Waals surface area contributed by atoms with Crippen molar-refractivity contribution >= 4 is 11.2 Å². The van der Waals surface area contributed by atoms with Gasteiger partial charge in [-0.2, -0.15) is 0 Å². The summed E-state index contributed by atoms with van der Waals surface area (Å²) < 4.78 is 2.19. The van der Waals surface area contributed by atoms with Crippen molar-refractivity contribution in [3.63, 3.8) is 0 Å². The van der Waals surface area contributed by atoms with Gasteiger partial charge in [0, 0.05) is 12.7 Å². The van der Waals surface area contributed by atoms with Crippen molar-refractivity contribution in [2.24, 2.45) is 7.05 Å². The normalized spacial score (nSPS) is 24.0. The second kappa shape index (κ2) is 3.79. The molecule has 0 radical (unpaired) electrons. The van der Waals surface area contributed by atoms with E-state index in [4.69, 9.17) is 0 Å². The molecule has 1 fully saturated rings. The molecular weight excluding hydrogens is 224 g/mol. The zero-order valence-corrected chi connectivity index (χ0v) is 11.5. The Kier molecular flexibility index (Phi) is 2.45. The van der Waals surface area contributed by atoms with Gasteiger partial charge in [0.25, 0.3) is 0 Å². The van der Waals surface area contributed by atoms with Gasteiger partial charge in [0.1, 0.15) is 5.52 Å². The zero-order chi connectivity index (χ0) is 12.9. The number of fused-ring (bicyclic) bond motifs is 1. The Labute approximate surface area is 107 Å². The highest BCUT2D eigenvalue weighted by Gasteiger charge is 2.33. The van der Waals surface area contributed by atoms with Crippen molar-refractivity contribution in [1.82, 2.24) is 19.9 Å². The summed E-state index contributed by atoms with van der Waals surface area (Å²) in [4.78, 5) is 9.32. The fraction of sp³-hybridized carbons (Fsp3) is 0.571. The third kappa shape index (κ3) is 1.56. The fourth-order valence-electron chi connectivity index (χ4n) is 2.94. The predicted molar refractivity (Wildman–Crippen MR) is 72.6 cm³/mol. The van der Waals surface area contributed by atoms with E-state index in [0.29, 0.717) is 0 Å². The first-order valence-corrected chi connectivity index (χ1v) is 6.57. The van der Waals surface area contributed by atoms with Gasteiger partial charge >= 0.3 is 0 Å². The Morgan fingerprint density at radius 1 is 1.28 bits per heavy atom. The zero-order valence-electron chi connectivity index (χ0n) is 11.5. The van der Waals surface area contributed by atoms with Gasteiger partial charge in [-0.15, -0.1) is 0 Å². The Morgan fingerprint density at radius 2 is 2.00 bits per heavy atom. The van der Waals surface area contributed by atoms with E-state index >= 15 is 0 Å². The molecule has 1 atom stereocenters. The lowest BCUT2D eigenvalue weighted by Crippen LogP contribution is -2.35. The number of nitrogens with zero attached hydrogens (tertiary/aromatic N) is 3. The third-order valence-corrected chi connectivity index (χ3v) is 4.20. The van der Waals surface area contributed by atoms with Crippen molar-refractivity contribution in [3.8, 4) is 0 Å². The minimum Gasteiger partial charge on any atom is -0.329 e. The molecular formula is C14H20N4. The summed E-state index contributed by atoms with van der Waals surface area (Å²) in [7, 11) is 2.09. The minimum atomic E-state index is 0.0684. The molecule has 1 aliphatic rings. The monoisotopic (exact) mass is 244 g/mol. The molecule has 0 saturated carbocycles. The number of rotatable bonds is 1. The molecule has 96 valence electrons. The van der Waals surface area contributed by atoms with E-state index in [1.165, 1.54) is 18.5 Å².